The topological polar surface area (TPSA) is 77.3 Å². The van der Waals surface area contributed by atoms with Crippen LogP contribution in [0.1, 0.15) is 25.0 Å². The largest absolute Gasteiger partial charge is 0.469 e. The smallest absolute Gasteiger partial charge is 0.310 e. The minimum Gasteiger partial charge on any atom is -0.469 e. The Morgan fingerprint density at radius 1 is 1.12 bits per heavy atom. The molecule has 8 heteroatoms. The van der Waals surface area contributed by atoms with E-state index in [9.17, 15) is 9.59 Å². The molecule has 3 aromatic rings. The second-order valence-corrected chi connectivity index (χ2v) is 8.84. The standard InChI is InChI=1S/C25H30N4O3S/c1-5-29-23(21-13-9-10-18(2)14-21)26-27-25(29)33-17-22(30)28(15-19(3)24(31)32-4)16-20-11-7-6-8-12-20/h6-14,19H,5,15-17H2,1-4H3. The molecular weight excluding hydrogens is 436 g/mol. The molecule has 0 radical (unpaired) electrons. The van der Waals surface area contributed by atoms with Gasteiger partial charge in [-0.1, -0.05) is 72.8 Å². The summed E-state index contributed by atoms with van der Waals surface area (Å²) in [6, 6.07) is 17.9. The van der Waals surface area contributed by atoms with Crippen molar-refractivity contribution >= 4 is 23.6 Å². The van der Waals surface area contributed by atoms with Gasteiger partial charge in [0, 0.05) is 25.2 Å². The van der Waals surface area contributed by atoms with Crippen LogP contribution in [0.2, 0.25) is 0 Å². The van der Waals surface area contributed by atoms with Gasteiger partial charge < -0.3 is 14.2 Å². The fourth-order valence-corrected chi connectivity index (χ4v) is 4.47. The number of ether oxygens (including phenoxy) is 1. The number of esters is 1. The third-order valence-corrected chi connectivity index (χ3v) is 6.25. The van der Waals surface area contributed by atoms with Crippen LogP contribution in [0.15, 0.2) is 59.8 Å². The van der Waals surface area contributed by atoms with E-state index < -0.39 is 5.92 Å². The number of thioether (sulfide) groups is 1. The van der Waals surface area contributed by atoms with Crippen molar-refractivity contribution in [3.05, 3.63) is 65.7 Å². The predicted octanol–water partition coefficient (Wildman–Crippen LogP) is 4.20. The molecule has 33 heavy (non-hydrogen) atoms. The third-order valence-electron chi connectivity index (χ3n) is 5.30. The molecule has 0 bridgehead atoms. The van der Waals surface area contributed by atoms with E-state index in [4.69, 9.17) is 4.74 Å². The molecule has 2 aromatic carbocycles. The van der Waals surface area contributed by atoms with E-state index >= 15 is 0 Å². The molecule has 0 saturated heterocycles. The zero-order valence-electron chi connectivity index (χ0n) is 19.5. The number of nitrogens with zero attached hydrogens (tertiary/aromatic N) is 4. The monoisotopic (exact) mass is 466 g/mol. The lowest BCUT2D eigenvalue weighted by atomic mass is 10.1. The van der Waals surface area contributed by atoms with Gasteiger partial charge in [-0.05, 0) is 25.5 Å². The average Bonchev–Trinajstić information content (AvgIpc) is 3.25. The third kappa shape index (κ3) is 6.44. The maximum Gasteiger partial charge on any atom is 0.310 e. The van der Waals surface area contributed by atoms with Crippen LogP contribution in [-0.4, -0.2) is 50.9 Å². The highest BCUT2D eigenvalue weighted by molar-refractivity contribution is 7.99. The molecule has 3 rings (SSSR count). The Morgan fingerprint density at radius 3 is 2.55 bits per heavy atom. The lowest BCUT2D eigenvalue weighted by molar-refractivity contribution is -0.146. The Hall–Kier alpha value is -3.13. The molecule has 1 amide bonds. The Balaban J connectivity index is 1.74. The highest BCUT2D eigenvalue weighted by Crippen LogP contribution is 2.25. The second kappa shape index (κ2) is 11.7. The van der Waals surface area contributed by atoms with Gasteiger partial charge in [-0.3, -0.25) is 9.59 Å². The number of methoxy groups -OCH3 is 1. The Bertz CT molecular complexity index is 1080. The van der Waals surface area contributed by atoms with Gasteiger partial charge in [0.2, 0.25) is 5.91 Å². The van der Waals surface area contributed by atoms with Crippen molar-refractivity contribution in [2.45, 2.75) is 39.0 Å². The van der Waals surface area contributed by atoms with Crippen molar-refractivity contribution in [2.75, 3.05) is 19.4 Å². The molecule has 0 N–H and O–H groups in total. The average molecular weight is 467 g/mol. The van der Waals surface area contributed by atoms with E-state index in [1.54, 1.807) is 11.8 Å². The van der Waals surface area contributed by atoms with E-state index in [2.05, 4.69) is 16.3 Å². The first-order valence-corrected chi connectivity index (χ1v) is 11.9. The van der Waals surface area contributed by atoms with Gasteiger partial charge in [-0.25, -0.2) is 0 Å². The Morgan fingerprint density at radius 2 is 1.88 bits per heavy atom. The summed E-state index contributed by atoms with van der Waals surface area (Å²) in [7, 11) is 1.36. The van der Waals surface area contributed by atoms with Crippen molar-refractivity contribution in [2.24, 2.45) is 5.92 Å². The summed E-state index contributed by atoms with van der Waals surface area (Å²) in [5.41, 5.74) is 3.16. The maximum atomic E-state index is 13.2. The SMILES string of the molecule is CCn1c(SCC(=O)N(Cc2ccccc2)CC(C)C(=O)OC)nnc1-c1cccc(C)c1. The van der Waals surface area contributed by atoms with E-state index in [1.165, 1.54) is 18.9 Å². The van der Waals surface area contributed by atoms with Crippen molar-refractivity contribution in [3.8, 4) is 11.4 Å². The molecular formula is C25H30N4O3S. The highest BCUT2D eigenvalue weighted by atomic mass is 32.2. The van der Waals surface area contributed by atoms with Crippen molar-refractivity contribution in [3.63, 3.8) is 0 Å². The van der Waals surface area contributed by atoms with Gasteiger partial charge in [0.1, 0.15) is 0 Å². The second-order valence-electron chi connectivity index (χ2n) is 7.89. The van der Waals surface area contributed by atoms with Gasteiger partial charge in [-0.15, -0.1) is 10.2 Å². The molecule has 1 heterocycles. The summed E-state index contributed by atoms with van der Waals surface area (Å²) >= 11 is 1.36. The summed E-state index contributed by atoms with van der Waals surface area (Å²) in [4.78, 5) is 26.8. The zero-order chi connectivity index (χ0) is 23.8. The van der Waals surface area contributed by atoms with Crippen LogP contribution >= 0.6 is 11.8 Å². The van der Waals surface area contributed by atoms with Gasteiger partial charge in [0.15, 0.2) is 11.0 Å². The number of benzene rings is 2. The number of carbonyl (C=O) groups excluding carboxylic acids is 2. The van der Waals surface area contributed by atoms with Crippen LogP contribution in [0.25, 0.3) is 11.4 Å². The van der Waals surface area contributed by atoms with Crippen molar-refractivity contribution in [1.29, 1.82) is 0 Å². The van der Waals surface area contributed by atoms with E-state index in [1.807, 2.05) is 66.9 Å². The molecule has 7 nitrogen and oxygen atoms in total. The van der Waals surface area contributed by atoms with Crippen LogP contribution in [0.5, 0.6) is 0 Å². The minimum absolute atomic E-state index is 0.0673. The number of carbonyl (C=O) groups is 2. The van der Waals surface area contributed by atoms with E-state index in [-0.39, 0.29) is 24.2 Å². The van der Waals surface area contributed by atoms with Crippen LogP contribution in [-0.2, 0) is 27.4 Å². The van der Waals surface area contributed by atoms with Gasteiger partial charge >= 0.3 is 5.97 Å². The van der Waals surface area contributed by atoms with Crippen LogP contribution in [0, 0.1) is 12.8 Å². The number of amides is 1. The molecule has 174 valence electrons. The fourth-order valence-electron chi connectivity index (χ4n) is 3.56. The lowest BCUT2D eigenvalue weighted by Crippen LogP contribution is -2.37. The maximum absolute atomic E-state index is 13.2. The summed E-state index contributed by atoms with van der Waals surface area (Å²) in [6.07, 6.45) is 0. The first kappa shape index (κ1) is 24.5. The van der Waals surface area contributed by atoms with Crippen LogP contribution in [0.4, 0.5) is 0 Å². The molecule has 1 aromatic heterocycles. The molecule has 1 atom stereocenters. The van der Waals surface area contributed by atoms with Gasteiger partial charge in [-0.2, -0.15) is 0 Å². The van der Waals surface area contributed by atoms with Crippen LogP contribution < -0.4 is 0 Å². The Labute approximate surface area is 199 Å². The van der Waals surface area contributed by atoms with Crippen LogP contribution in [0.3, 0.4) is 0 Å². The zero-order valence-corrected chi connectivity index (χ0v) is 20.3. The number of rotatable bonds is 10. The molecule has 0 aliphatic carbocycles. The lowest BCUT2D eigenvalue weighted by Gasteiger charge is -2.25. The molecule has 0 fully saturated rings. The number of aryl methyl sites for hydroxylation is 1. The number of aromatic nitrogens is 3. The highest BCUT2D eigenvalue weighted by Gasteiger charge is 2.23. The Kier molecular flexibility index (Phi) is 8.65. The molecule has 0 saturated carbocycles. The summed E-state index contributed by atoms with van der Waals surface area (Å²) in [6.45, 7) is 7.26. The van der Waals surface area contributed by atoms with Gasteiger partial charge in [0.25, 0.3) is 0 Å². The quantitative estimate of drug-likeness (QED) is 0.329. The summed E-state index contributed by atoms with van der Waals surface area (Å²) < 4.78 is 6.87. The molecule has 0 aliphatic heterocycles. The first-order chi connectivity index (χ1) is 15.9. The summed E-state index contributed by atoms with van der Waals surface area (Å²) in [5, 5.41) is 9.42. The predicted molar refractivity (Wildman–Crippen MR) is 130 cm³/mol. The first-order valence-electron chi connectivity index (χ1n) is 11.0. The van der Waals surface area contributed by atoms with Gasteiger partial charge in [0.05, 0.1) is 18.8 Å². The molecule has 0 spiro atoms. The summed E-state index contributed by atoms with van der Waals surface area (Å²) in [5.74, 6) is 0.174. The van der Waals surface area contributed by atoms with E-state index in [0.717, 1.165) is 22.5 Å². The molecule has 1 unspecified atom stereocenters. The van der Waals surface area contributed by atoms with Crippen molar-refractivity contribution in [1.82, 2.24) is 19.7 Å². The number of hydrogen-bond donors (Lipinski definition) is 0. The molecule has 0 aliphatic rings. The minimum atomic E-state index is -0.417. The van der Waals surface area contributed by atoms with E-state index in [0.29, 0.717) is 18.2 Å². The fraction of sp³-hybridized carbons (Fsp3) is 0.360. The normalized spacial score (nSPS) is 11.8. The number of hydrogen-bond acceptors (Lipinski definition) is 6. The van der Waals surface area contributed by atoms with Crippen molar-refractivity contribution < 1.29 is 14.3 Å².